The molecule has 3 rings (SSSR count). The molecule has 1 aliphatic carbocycles. The average molecular weight is 293 g/mol. The Morgan fingerprint density at radius 2 is 1.95 bits per heavy atom. The minimum Gasteiger partial charge on any atom is -0.496 e. The lowest BCUT2D eigenvalue weighted by atomic mass is 9.87. The van der Waals surface area contributed by atoms with Crippen molar-refractivity contribution in [3.05, 3.63) is 71.3 Å². The van der Waals surface area contributed by atoms with Gasteiger partial charge in [-0.1, -0.05) is 37.3 Å². The molecule has 0 radical (unpaired) electrons. The van der Waals surface area contributed by atoms with Gasteiger partial charge in [-0.25, -0.2) is 0 Å². The molecular weight excluding hydrogens is 274 g/mol. The molecule has 0 aromatic heterocycles. The molecule has 1 N–H and O–H groups in total. The van der Waals surface area contributed by atoms with Gasteiger partial charge in [0, 0.05) is 22.7 Å². The molecule has 0 heterocycles. The molecule has 0 saturated carbocycles. The highest BCUT2D eigenvalue weighted by atomic mass is 16.5. The van der Waals surface area contributed by atoms with Crippen molar-refractivity contribution in [2.45, 2.75) is 19.3 Å². The molecule has 1 atom stereocenters. The molecule has 0 bridgehead atoms. The summed E-state index contributed by atoms with van der Waals surface area (Å²) in [5, 5.41) is 3.04. The molecule has 0 fully saturated rings. The first kappa shape index (κ1) is 14.4. The largest absolute Gasteiger partial charge is 0.496 e. The zero-order valence-electron chi connectivity index (χ0n) is 12.8. The van der Waals surface area contributed by atoms with E-state index in [1.807, 2.05) is 42.5 Å². The zero-order chi connectivity index (χ0) is 15.5. The van der Waals surface area contributed by atoms with Gasteiger partial charge in [-0.3, -0.25) is 4.79 Å². The predicted octanol–water partition coefficient (Wildman–Crippen LogP) is 4.16. The number of hydrogen-bond acceptors (Lipinski definition) is 2. The molecule has 22 heavy (non-hydrogen) atoms. The highest BCUT2D eigenvalue weighted by molar-refractivity contribution is 6.04. The lowest BCUT2D eigenvalue weighted by Crippen LogP contribution is -2.16. The number of rotatable bonds is 3. The molecule has 0 saturated heterocycles. The summed E-state index contributed by atoms with van der Waals surface area (Å²) in [6.07, 6.45) is 5.15. The predicted molar refractivity (Wildman–Crippen MR) is 88.6 cm³/mol. The molecule has 112 valence electrons. The van der Waals surface area contributed by atoms with E-state index >= 15 is 0 Å². The fourth-order valence-corrected chi connectivity index (χ4v) is 2.95. The lowest BCUT2D eigenvalue weighted by molar-refractivity contribution is 0.102. The van der Waals surface area contributed by atoms with Crippen LogP contribution in [0, 0.1) is 0 Å². The van der Waals surface area contributed by atoms with E-state index in [4.69, 9.17) is 4.74 Å². The normalized spacial score (nSPS) is 16.0. The molecular formula is C19H19NO2. The van der Waals surface area contributed by atoms with Crippen molar-refractivity contribution in [3.63, 3.8) is 0 Å². The first-order valence-corrected chi connectivity index (χ1v) is 7.43. The summed E-state index contributed by atoms with van der Waals surface area (Å²) in [6, 6.07) is 13.1. The van der Waals surface area contributed by atoms with Gasteiger partial charge in [0.15, 0.2) is 0 Å². The number of hydrogen-bond donors (Lipinski definition) is 1. The summed E-state index contributed by atoms with van der Waals surface area (Å²) < 4.78 is 5.46. The third kappa shape index (κ3) is 2.62. The second-order valence-electron chi connectivity index (χ2n) is 5.45. The number of benzene rings is 2. The Hall–Kier alpha value is -2.55. The molecule has 3 nitrogen and oxygen atoms in total. The maximum absolute atomic E-state index is 12.4. The van der Waals surface area contributed by atoms with Gasteiger partial charge in [0.05, 0.1) is 7.11 Å². The van der Waals surface area contributed by atoms with E-state index in [1.165, 1.54) is 0 Å². The van der Waals surface area contributed by atoms with Crippen molar-refractivity contribution >= 4 is 11.6 Å². The van der Waals surface area contributed by atoms with Gasteiger partial charge >= 0.3 is 0 Å². The number of methoxy groups -OCH3 is 1. The highest BCUT2D eigenvalue weighted by Crippen LogP contribution is 2.38. The first-order chi connectivity index (χ1) is 10.7. The SMILES string of the molecule is COc1ccc(NC(=O)c2ccccc2)c2c1CC=CC2C. The minimum atomic E-state index is -0.0882. The fourth-order valence-electron chi connectivity index (χ4n) is 2.95. The van der Waals surface area contributed by atoms with E-state index in [2.05, 4.69) is 24.4 Å². The highest BCUT2D eigenvalue weighted by Gasteiger charge is 2.21. The topological polar surface area (TPSA) is 38.3 Å². The Morgan fingerprint density at radius 3 is 2.68 bits per heavy atom. The number of carbonyl (C=O) groups excluding carboxylic acids is 1. The Morgan fingerprint density at radius 1 is 1.18 bits per heavy atom. The number of amides is 1. The number of nitrogens with one attached hydrogen (secondary N) is 1. The van der Waals surface area contributed by atoms with E-state index in [0.29, 0.717) is 5.56 Å². The Bertz CT molecular complexity index is 720. The van der Waals surface area contributed by atoms with E-state index in [0.717, 1.165) is 29.0 Å². The summed E-state index contributed by atoms with van der Waals surface area (Å²) in [7, 11) is 1.68. The monoisotopic (exact) mass is 293 g/mol. The summed E-state index contributed by atoms with van der Waals surface area (Å²) >= 11 is 0. The van der Waals surface area contributed by atoms with Crippen LogP contribution in [0.4, 0.5) is 5.69 Å². The van der Waals surface area contributed by atoms with Crippen molar-refractivity contribution in [3.8, 4) is 5.75 Å². The third-order valence-electron chi connectivity index (χ3n) is 4.02. The number of fused-ring (bicyclic) bond motifs is 1. The summed E-state index contributed by atoms with van der Waals surface area (Å²) in [5.41, 5.74) is 3.82. The van der Waals surface area contributed by atoms with Crippen LogP contribution in [0.15, 0.2) is 54.6 Å². The van der Waals surface area contributed by atoms with E-state index in [9.17, 15) is 4.79 Å². The van der Waals surface area contributed by atoms with Gasteiger partial charge in [-0.2, -0.15) is 0 Å². The molecule has 1 unspecified atom stereocenters. The van der Waals surface area contributed by atoms with Gasteiger partial charge in [0.25, 0.3) is 5.91 Å². The summed E-state index contributed by atoms with van der Waals surface area (Å²) in [6.45, 7) is 2.13. The smallest absolute Gasteiger partial charge is 0.255 e. The number of carbonyl (C=O) groups is 1. The van der Waals surface area contributed by atoms with Crippen LogP contribution >= 0.6 is 0 Å². The summed E-state index contributed by atoms with van der Waals surface area (Å²) in [5.74, 6) is 1.04. The van der Waals surface area contributed by atoms with Crippen LogP contribution in [-0.4, -0.2) is 13.0 Å². The molecule has 2 aromatic rings. The van der Waals surface area contributed by atoms with E-state index < -0.39 is 0 Å². The van der Waals surface area contributed by atoms with Crippen LogP contribution in [-0.2, 0) is 6.42 Å². The van der Waals surface area contributed by atoms with Gasteiger partial charge < -0.3 is 10.1 Å². The quantitative estimate of drug-likeness (QED) is 0.863. The number of anilines is 1. The second-order valence-corrected chi connectivity index (χ2v) is 5.45. The lowest BCUT2D eigenvalue weighted by Gasteiger charge is -2.23. The average Bonchev–Trinajstić information content (AvgIpc) is 2.56. The Balaban J connectivity index is 1.97. The first-order valence-electron chi connectivity index (χ1n) is 7.43. The maximum atomic E-state index is 12.4. The third-order valence-corrected chi connectivity index (χ3v) is 4.02. The standard InChI is InChI=1S/C19H19NO2/c1-13-7-6-10-15-17(22-2)12-11-16(18(13)15)20-19(21)14-8-4-3-5-9-14/h3-9,11-13H,10H2,1-2H3,(H,20,21). The van der Waals surface area contributed by atoms with Crippen molar-refractivity contribution in [1.29, 1.82) is 0 Å². The van der Waals surface area contributed by atoms with Crippen molar-refractivity contribution in [2.75, 3.05) is 12.4 Å². The van der Waals surface area contributed by atoms with Crippen molar-refractivity contribution in [1.82, 2.24) is 0 Å². The number of allylic oxidation sites excluding steroid dienone is 2. The van der Waals surface area contributed by atoms with Gasteiger partial charge in [0.1, 0.15) is 5.75 Å². The maximum Gasteiger partial charge on any atom is 0.255 e. The Kier molecular flexibility index (Phi) is 3.96. The van der Waals surface area contributed by atoms with Crippen molar-refractivity contribution < 1.29 is 9.53 Å². The summed E-state index contributed by atoms with van der Waals surface area (Å²) in [4.78, 5) is 12.4. The van der Waals surface area contributed by atoms with Crippen LogP contribution in [0.3, 0.4) is 0 Å². The molecule has 1 aliphatic rings. The van der Waals surface area contributed by atoms with Gasteiger partial charge in [0.2, 0.25) is 0 Å². The fraction of sp³-hybridized carbons (Fsp3) is 0.211. The van der Waals surface area contributed by atoms with Crippen LogP contribution in [0.25, 0.3) is 0 Å². The van der Waals surface area contributed by atoms with Gasteiger partial charge in [-0.15, -0.1) is 0 Å². The molecule has 2 aromatic carbocycles. The Labute approximate surface area is 130 Å². The van der Waals surface area contributed by atoms with Gasteiger partial charge in [-0.05, 0) is 36.2 Å². The molecule has 3 heteroatoms. The molecule has 1 amide bonds. The second kappa shape index (κ2) is 6.06. The van der Waals surface area contributed by atoms with E-state index in [1.54, 1.807) is 7.11 Å². The van der Waals surface area contributed by atoms with Crippen LogP contribution in [0.5, 0.6) is 5.75 Å². The zero-order valence-corrected chi connectivity index (χ0v) is 12.8. The van der Waals surface area contributed by atoms with Crippen LogP contribution in [0.1, 0.15) is 34.3 Å². The van der Waals surface area contributed by atoms with Crippen LogP contribution < -0.4 is 10.1 Å². The number of ether oxygens (including phenoxy) is 1. The van der Waals surface area contributed by atoms with Crippen LogP contribution in [0.2, 0.25) is 0 Å². The molecule has 0 aliphatic heterocycles. The molecule has 0 spiro atoms. The minimum absolute atomic E-state index is 0.0882. The van der Waals surface area contributed by atoms with Crippen molar-refractivity contribution in [2.24, 2.45) is 0 Å². The van der Waals surface area contributed by atoms with E-state index in [-0.39, 0.29) is 11.8 Å².